The lowest BCUT2D eigenvalue weighted by atomic mass is 9.90. The van der Waals surface area contributed by atoms with Crippen molar-refractivity contribution >= 4 is 29.0 Å². The average Bonchev–Trinajstić information content (AvgIpc) is 2.74. The molecule has 6 heteroatoms. The maximum atomic E-state index is 13.8. The highest BCUT2D eigenvalue weighted by Gasteiger charge is 2.21. The monoisotopic (exact) mass is 414 g/mol. The van der Waals surface area contributed by atoms with Crippen molar-refractivity contribution in [3.8, 4) is 0 Å². The number of ether oxygens (including phenoxy) is 1. The second kappa shape index (κ2) is 10.3. The molecule has 1 aliphatic heterocycles. The first-order chi connectivity index (χ1) is 14.1. The van der Waals surface area contributed by atoms with Crippen LogP contribution in [0.5, 0.6) is 0 Å². The van der Waals surface area contributed by atoms with Crippen LogP contribution in [0.25, 0.3) is 0 Å². The number of aryl methyl sites for hydroxylation is 1. The first-order valence-corrected chi connectivity index (χ1v) is 10.5. The molecule has 0 aliphatic carbocycles. The molecule has 4 nitrogen and oxygen atoms in total. The Bertz CT molecular complexity index is 833. The molecule has 0 saturated carbocycles. The highest BCUT2D eigenvalue weighted by atomic mass is 32.1. The smallest absolute Gasteiger partial charge is 0.338 e. The van der Waals surface area contributed by atoms with E-state index in [1.165, 1.54) is 6.07 Å². The van der Waals surface area contributed by atoms with Crippen LogP contribution in [0.2, 0.25) is 0 Å². The molecule has 1 heterocycles. The Kier molecular flexibility index (Phi) is 7.58. The van der Waals surface area contributed by atoms with Crippen LogP contribution in [0.1, 0.15) is 42.1 Å². The fourth-order valence-corrected chi connectivity index (χ4v) is 3.89. The Morgan fingerprint density at radius 2 is 1.86 bits per heavy atom. The fraction of sp³-hybridized carbons (Fsp3) is 0.391. The molecule has 0 atom stereocenters. The normalized spacial score (nSPS) is 14.5. The number of likely N-dealkylation sites (tertiary alicyclic amines) is 1. The molecule has 2 aromatic carbocycles. The van der Waals surface area contributed by atoms with Crippen LogP contribution in [0.15, 0.2) is 48.5 Å². The molecule has 0 spiro atoms. The second-order valence-corrected chi connectivity index (χ2v) is 7.68. The molecular weight excluding hydrogens is 387 g/mol. The van der Waals surface area contributed by atoms with Crippen LogP contribution >= 0.6 is 12.2 Å². The van der Waals surface area contributed by atoms with Gasteiger partial charge in [0.25, 0.3) is 0 Å². The Morgan fingerprint density at radius 3 is 2.52 bits per heavy atom. The van der Waals surface area contributed by atoms with Gasteiger partial charge in [0.15, 0.2) is 5.11 Å². The fourth-order valence-electron chi connectivity index (χ4n) is 3.59. The lowest BCUT2D eigenvalue weighted by Crippen LogP contribution is -2.40. The van der Waals surface area contributed by atoms with Gasteiger partial charge in [0, 0.05) is 18.8 Å². The zero-order valence-corrected chi connectivity index (χ0v) is 17.5. The quantitative estimate of drug-likeness (QED) is 0.530. The summed E-state index contributed by atoms with van der Waals surface area (Å²) >= 11 is 5.55. The van der Waals surface area contributed by atoms with E-state index in [4.69, 9.17) is 17.0 Å². The van der Waals surface area contributed by atoms with Gasteiger partial charge in [-0.05, 0) is 86.6 Å². The third-order valence-corrected chi connectivity index (χ3v) is 5.69. The maximum Gasteiger partial charge on any atom is 0.338 e. The number of benzene rings is 2. The number of carbonyl (C=O) groups excluding carboxylic acids is 1. The van der Waals surface area contributed by atoms with Crippen LogP contribution < -0.4 is 5.32 Å². The number of anilines is 1. The molecular formula is C23H27FN2O2S. The molecule has 29 heavy (non-hydrogen) atoms. The van der Waals surface area contributed by atoms with Crippen molar-refractivity contribution in [2.24, 2.45) is 5.92 Å². The van der Waals surface area contributed by atoms with E-state index in [0.717, 1.165) is 50.0 Å². The number of esters is 1. The van der Waals surface area contributed by atoms with E-state index < -0.39 is 0 Å². The van der Waals surface area contributed by atoms with Gasteiger partial charge in [-0.2, -0.15) is 0 Å². The Morgan fingerprint density at radius 1 is 1.17 bits per heavy atom. The minimum absolute atomic E-state index is 0.107. The van der Waals surface area contributed by atoms with E-state index in [1.807, 2.05) is 24.3 Å². The summed E-state index contributed by atoms with van der Waals surface area (Å²) in [7, 11) is 0. The largest absolute Gasteiger partial charge is 0.462 e. The second-order valence-electron chi connectivity index (χ2n) is 7.29. The van der Waals surface area contributed by atoms with Crippen LogP contribution in [0.4, 0.5) is 10.1 Å². The van der Waals surface area contributed by atoms with E-state index >= 15 is 0 Å². The van der Waals surface area contributed by atoms with Gasteiger partial charge in [0.2, 0.25) is 0 Å². The summed E-state index contributed by atoms with van der Waals surface area (Å²) in [6.07, 6.45) is 3.90. The van der Waals surface area contributed by atoms with Gasteiger partial charge in [-0.1, -0.05) is 18.2 Å². The first-order valence-electron chi connectivity index (χ1n) is 10.1. The minimum Gasteiger partial charge on any atom is -0.462 e. The molecule has 154 valence electrons. The third-order valence-electron chi connectivity index (χ3n) is 5.33. The summed E-state index contributed by atoms with van der Waals surface area (Å²) in [5.41, 5.74) is 2.18. The van der Waals surface area contributed by atoms with Crippen molar-refractivity contribution in [3.05, 3.63) is 65.5 Å². The summed E-state index contributed by atoms with van der Waals surface area (Å²) in [5, 5.41) is 3.94. The van der Waals surface area contributed by atoms with Crippen molar-refractivity contribution < 1.29 is 13.9 Å². The molecule has 2 aromatic rings. The van der Waals surface area contributed by atoms with E-state index in [9.17, 15) is 9.18 Å². The van der Waals surface area contributed by atoms with Gasteiger partial charge >= 0.3 is 5.97 Å². The van der Waals surface area contributed by atoms with Crippen molar-refractivity contribution in [3.63, 3.8) is 0 Å². The van der Waals surface area contributed by atoms with Crippen molar-refractivity contribution in [2.45, 2.75) is 32.6 Å². The number of hydrogen-bond acceptors (Lipinski definition) is 3. The Hall–Kier alpha value is -2.47. The van der Waals surface area contributed by atoms with E-state index in [1.54, 1.807) is 25.1 Å². The maximum absolute atomic E-state index is 13.8. The molecule has 0 amide bonds. The molecule has 0 aromatic heterocycles. The Labute approximate surface area is 177 Å². The number of piperidine rings is 1. The molecule has 1 N–H and O–H groups in total. The predicted octanol–water partition coefficient (Wildman–Crippen LogP) is 5.04. The van der Waals surface area contributed by atoms with Crippen molar-refractivity contribution in [1.29, 1.82) is 0 Å². The van der Waals surface area contributed by atoms with Gasteiger partial charge in [0.1, 0.15) is 5.82 Å². The van der Waals surface area contributed by atoms with Crippen LogP contribution in [-0.4, -0.2) is 35.7 Å². The number of rotatable bonds is 6. The number of nitrogens with one attached hydrogen (secondary N) is 1. The van der Waals surface area contributed by atoms with Gasteiger partial charge in [-0.3, -0.25) is 0 Å². The number of halogens is 1. The van der Waals surface area contributed by atoms with Gasteiger partial charge in [-0.15, -0.1) is 0 Å². The van der Waals surface area contributed by atoms with Crippen LogP contribution in [0.3, 0.4) is 0 Å². The molecule has 0 radical (unpaired) electrons. The van der Waals surface area contributed by atoms with Crippen LogP contribution in [-0.2, 0) is 11.2 Å². The summed E-state index contributed by atoms with van der Waals surface area (Å²) in [6.45, 7) is 3.94. The molecule has 1 aliphatic rings. The molecule has 1 saturated heterocycles. The molecule has 0 bridgehead atoms. The van der Waals surface area contributed by atoms with E-state index in [2.05, 4.69) is 10.2 Å². The molecule has 3 rings (SSSR count). The van der Waals surface area contributed by atoms with Gasteiger partial charge in [-0.25, -0.2) is 9.18 Å². The number of hydrogen-bond donors (Lipinski definition) is 1. The highest BCUT2D eigenvalue weighted by molar-refractivity contribution is 7.80. The SMILES string of the molecule is CCOC(=O)c1ccc(NC(=S)N2CCC(CCc3ccccc3F)CC2)cc1. The summed E-state index contributed by atoms with van der Waals surface area (Å²) < 4.78 is 18.8. The van der Waals surface area contributed by atoms with Gasteiger partial charge < -0.3 is 15.0 Å². The summed E-state index contributed by atoms with van der Waals surface area (Å²) in [5.74, 6) is 0.167. The lowest BCUT2D eigenvalue weighted by Gasteiger charge is -2.34. The zero-order valence-electron chi connectivity index (χ0n) is 16.7. The highest BCUT2D eigenvalue weighted by Crippen LogP contribution is 2.24. The third kappa shape index (κ3) is 6.00. The lowest BCUT2D eigenvalue weighted by molar-refractivity contribution is 0.0526. The molecule has 0 unspecified atom stereocenters. The summed E-state index contributed by atoms with van der Waals surface area (Å²) in [6, 6.07) is 14.2. The minimum atomic E-state index is -0.320. The van der Waals surface area contributed by atoms with Crippen LogP contribution in [0, 0.1) is 11.7 Å². The average molecular weight is 415 g/mol. The molecule has 1 fully saturated rings. The predicted molar refractivity (Wildman–Crippen MR) is 118 cm³/mol. The number of nitrogens with zero attached hydrogens (tertiary/aromatic N) is 1. The van der Waals surface area contributed by atoms with Gasteiger partial charge in [0.05, 0.1) is 12.2 Å². The zero-order chi connectivity index (χ0) is 20.6. The van der Waals surface area contributed by atoms with E-state index in [0.29, 0.717) is 23.2 Å². The Balaban J connectivity index is 1.44. The standard InChI is InChI=1S/C23H27FN2O2S/c1-2-28-22(27)19-9-11-20(12-10-19)25-23(29)26-15-13-17(14-16-26)7-8-18-5-3-4-6-21(18)24/h3-6,9-12,17H,2,7-8,13-16H2,1H3,(H,25,29). The summed E-state index contributed by atoms with van der Waals surface area (Å²) in [4.78, 5) is 13.9. The topological polar surface area (TPSA) is 41.6 Å². The first kappa shape index (κ1) is 21.2. The van der Waals surface area contributed by atoms with Crippen molar-refractivity contribution in [2.75, 3.05) is 25.0 Å². The number of carbonyl (C=O) groups is 1. The van der Waals surface area contributed by atoms with E-state index in [-0.39, 0.29) is 11.8 Å². The number of thiocarbonyl (C=S) groups is 1. The van der Waals surface area contributed by atoms with Crippen molar-refractivity contribution in [1.82, 2.24) is 4.90 Å².